The maximum atomic E-state index is 13.9. The minimum Gasteiger partial charge on any atom is -0.497 e. The lowest BCUT2D eigenvalue weighted by Gasteiger charge is -2.36. The largest absolute Gasteiger partial charge is 0.497 e. The Morgan fingerprint density at radius 3 is 2.39 bits per heavy atom. The maximum Gasteiger partial charge on any atom is 0.433 e. The average Bonchev–Trinajstić information content (AvgIpc) is 3.31. The highest BCUT2D eigenvalue weighted by molar-refractivity contribution is 6.00. The molecule has 1 saturated heterocycles. The summed E-state index contributed by atoms with van der Waals surface area (Å²) in [6.07, 6.45) is -3.59. The van der Waals surface area contributed by atoms with Crippen molar-refractivity contribution in [2.24, 2.45) is 0 Å². The number of fused-ring (bicyclic) bond motifs is 1. The zero-order valence-corrected chi connectivity index (χ0v) is 19.2. The summed E-state index contributed by atoms with van der Waals surface area (Å²) in [5.41, 5.74) is 0.0674. The summed E-state index contributed by atoms with van der Waals surface area (Å²) in [5, 5.41) is 3.86. The van der Waals surface area contributed by atoms with Crippen LogP contribution in [0, 0.1) is 5.82 Å². The van der Waals surface area contributed by atoms with Gasteiger partial charge < -0.3 is 14.5 Å². The summed E-state index contributed by atoms with van der Waals surface area (Å²) in [5.74, 6) is -0.321. The van der Waals surface area contributed by atoms with Crippen molar-refractivity contribution >= 4 is 17.2 Å². The minimum atomic E-state index is -4.72. The molecule has 0 atom stereocenters. The second-order valence-corrected chi connectivity index (χ2v) is 8.31. The van der Waals surface area contributed by atoms with Crippen molar-refractivity contribution in [3.05, 3.63) is 77.9 Å². The van der Waals surface area contributed by atoms with Crippen molar-refractivity contribution in [1.29, 1.82) is 0 Å². The van der Waals surface area contributed by atoms with Gasteiger partial charge in [0.05, 0.1) is 19.0 Å². The molecule has 7 nitrogen and oxygen atoms in total. The molecule has 4 aromatic rings. The zero-order chi connectivity index (χ0) is 25.4. The van der Waals surface area contributed by atoms with E-state index in [2.05, 4.69) is 10.1 Å². The molecule has 0 spiro atoms. The molecule has 1 aliphatic rings. The van der Waals surface area contributed by atoms with Gasteiger partial charge in [-0.15, -0.1) is 0 Å². The van der Waals surface area contributed by atoms with E-state index >= 15 is 0 Å². The number of benzene rings is 2. The summed E-state index contributed by atoms with van der Waals surface area (Å²) in [7, 11) is 1.46. The van der Waals surface area contributed by atoms with Crippen molar-refractivity contribution in [3.63, 3.8) is 0 Å². The van der Waals surface area contributed by atoms with E-state index in [0.29, 0.717) is 42.0 Å². The normalized spacial score (nSPS) is 14.4. The van der Waals surface area contributed by atoms with Gasteiger partial charge in [0.2, 0.25) is 0 Å². The first-order valence-electron chi connectivity index (χ1n) is 11.1. The topological polar surface area (TPSA) is 63.0 Å². The van der Waals surface area contributed by atoms with Crippen LogP contribution in [-0.2, 0) is 6.18 Å². The van der Waals surface area contributed by atoms with Crippen LogP contribution in [0.5, 0.6) is 5.75 Å². The van der Waals surface area contributed by atoms with Gasteiger partial charge in [-0.2, -0.15) is 18.3 Å². The highest BCUT2D eigenvalue weighted by Crippen LogP contribution is 2.33. The number of halogens is 4. The fourth-order valence-electron chi connectivity index (χ4n) is 4.24. The van der Waals surface area contributed by atoms with Gasteiger partial charge in [0, 0.05) is 37.4 Å². The van der Waals surface area contributed by atoms with Crippen LogP contribution in [-0.4, -0.2) is 58.7 Å². The van der Waals surface area contributed by atoms with Gasteiger partial charge in [0.1, 0.15) is 17.1 Å². The minimum absolute atomic E-state index is 0.0134. The number of piperazine rings is 1. The molecular formula is C25H21F4N5O2. The molecule has 0 bridgehead atoms. The van der Waals surface area contributed by atoms with Crippen LogP contribution in [0.2, 0.25) is 0 Å². The Morgan fingerprint density at radius 1 is 1.00 bits per heavy atom. The number of ether oxygens (including phenoxy) is 1. The Labute approximate surface area is 203 Å². The monoisotopic (exact) mass is 499 g/mol. The third kappa shape index (κ3) is 4.43. The van der Waals surface area contributed by atoms with E-state index in [1.165, 1.54) is 19.2 Å². The lowest BCUT2D eigenvalue weighted by molar-refractivity contribution is -0.142. The van der Waals surface area contributed by atoms with Gasteiger partial charge in [-0.1, -0.05) is 12.1 Å². The molecule has 0 aliphatic carbocycles. The van der Waals surface area contributed by atoms with Crippen LogP contribution in [0.15, 0.2) is 60.8 Å². The number of carbonyl (C=O) groups excluding carboxylic acids is 1. The van der Waals surface area contributed by atoms with Crippen LogP contribution >= 0.6 is 0 Å². The van der Waals surface area contributed by atoms with Crippen molar-refractivity contribution in [1.82, 2.24) is 19.5 Å². The molecule has 36 heavy (non-hydrogen) atoms. The molecule has 0 saturated carbocycles. The number of methoxy groups -OCH3 is 1. The van der Waals surface area contributed by atoms with E-state index < -0.39 is 17.8 Å². The number of amides is 1. The fraction of sp³-hybridized carbons (Fsp3) is 0.240. The molecule has 1 amide bonds. The van der Waals surface area contributed by atoms with Crippen molar-refractivity contribution < 1.29 is 27.1 Å². The molecule has 2 aromatic carbocycles. The van der Waals surface area contributed by atoms with Crippen LogP contribution in [0.1, 0.15) is 16.1 Å². The lowest BCUT2D eigenvalue weighted by atomic mass is 10.1. The van der Waals surface area contributed by atoms with Crippen LogP contribution in [0.3, 0.4) is 0 Å². The number of rotatable bonds is 4. The van der Waals surface area contributed by atoms with Gasteiger partial charge in [0.25, 0.3) is 5.91 Å². The van der Waals surface area contributed by atoms with E-state index in [1.54, 1.807) is 41.3 Å². The van der Waals surface area contributed by atoms with Crippen LogP contribution < -0.4 is 9.64 Å². The standard InChI is InChI=1S/C25H21F4N5O2/c1-36-19-4-2-3-16(13-19)21-14-22(25(27,28)29)34-23(31-21)20(15-30-34)24(35)33-11-9-32(10-12-33)18-7-5-17(26)6-8-18/h2-8,13-15H,9-12H2,1H3. The Hall–Kier alpha value is -4.15. The summed E-state index contributed by atoms with van der Waals surface area (Å²) < 4.78 is 60.8. The Balaban J connectivity index is 1.47. The highest BCUT2D eigenvalue weighted by Gasteiger charge is 2.36. The number of aromatic nitrogens is 3. The van der Waals surface area contributed by atoms with Crippen molar-refractivity contribution in [3.8, 4) is 17.0 Å². The van der Waals surface area contributed by atoms with Gasteiger partial charge in [0.15, 0.2) is 11.3 Å². The number of carbonyl (C=O) groups is 1. The van der Waals surface area contributed by atoms with Crippen LogP contribution in [0.4, 0.5) is 23.2 Å². The smallest absolute Gasteiger partial charge is 0.433 e. The molecule has 0 radical (unpaired) electrons. The van der Waals surface area contributed by atoms with Crippen LogP contribution in [0.25, 0.3) is 16.9 Å². The molecule has 5 rings (SSSR count). The van der Waals surface area contributed by atoms with E-state index in [4.69, 9.17) is 4.74 Å². The predicted molar refractivity (Wildman–Crippen MR) is 124 cm³/mol. The molecule has 0 unspecified atom stereocenters. The first-order chi connectivity index (χ1) is 17.2. The van der Waals surface area contributed by atoms with Crippen molar-refractivity contribution in [2.75, 3.05) is 38.2 Å². The average molecular weight is 499 g/mol. The molecular weight excluding hydrogens is 478 g/mol. The summed E-state index contributed by atoms with van der Waals surface area (Å²) in [6, 6.07) is 13.5. The predicted octanol–water partition coefficient (Wildman–Crippen LogP) is 4.53. The van der Waals surface area contributed by atoms with E-state index in [0.717, 1.165) is 18.0 Å². The zero-order valence-electron chi connectivity index (χ0n) is 19.2. The number of alkyl halides is 3. The first-order valence-corrected chi connectivity index (χ1v) is 11.1. The lowest BCUT2D eigenvalue weighted by Crippen LogP contribution is -2.48. The second kappa shape index (κ2) is 9.14. The van der Waals surface area contributed by atoms with Gasteiger partial charge >= 0.3 is 6.18 Å². The molecule has 2 aromatic heterocycles. The summed E-state index contributed by atoms with van der Waals surface area (Å²) in [4.78, 5) is 21.3. The Morgan fingerprint density at radius 2 is 1.72 bits per heavy atom. The number of hydrogen-bond donors (Lipinski definition) is 0. The van der Waals surface area contributed by atoms with E-state index in [1.807, 2.05) is 4.90 Å². The third-order valence-electron chi connectivity index (χ3n) is 6.12. The molecule has 186 valence electrons. The maximum absolute atomic E-state index is 13.9. The quantitative estimate of drug-likeness (QED) is 0.387. The summed E-state index contributed by atoms with van der Waals surface area (Å²) in [6.45, 7) is 1.67. The van der Waals surface area contributed by atoms with Gasteiger partial charge in [-0.05, 0) is 42.5 Å². The fourth-order valence-corrected chi connectivity index (χ4v) is 4.24. The van der Waals surface area contributed by atoms with E-state index in [-0.39, 0.29) is 22.7 Å². The number of nitrogens with zero attached hydrogens (tertiary/aromatic N) is 5. The summed E-state index contributed by atoms with van der Waals surface area (Å²) >= 11 is 0. The molecule has 3 heterocycles. The molecule has 11 heteroatoms. The number of hydrogen-bond acceptors (Lipinski definition) is 5. The first kappa shape index (κ1) is 23.6. The SMILES string of the molecule is COc1cccc(-c2cc(C(F)(F)F)n3ncc(C(=O)N4CCN(c5ccc(F)cc5)CC4)c3n2)c1. The van der Waals surface area contributed by atoms with Gasteiger partial charge in [-0.3, -0.25) is 4.79 Å². The molecule has 0 N–H and O–H groups in total. The van der Waals surface area contributed by atoms with E-state index in [9.17, 15) is 22.4 Å². The van der Waals surface area contributed by atoms with Gasteiger partial charge in [-0.25, -0.2) is 13.9 Å². The molecule has 1 aliphatic heterocycles. The second-order valence-electron chi connectivity index (χ2n) is 8.31. The molecule has 1 fully saturated rings. The Bertz CT molecular complexity index is 1410. The van der Waals surface area contributed by atoms with Crippen molar-refractivity contribution in [2.45, 2.75) is 6.18 Å². The highest BCUT2D eigenvalue weighted by atomic mass is 19.4. The Kier molecular flexibility index (Phi) is 5.99. The number of anilines is 1. The third-order valence-corrected chi connectivity index (χ3v) is 6.12.